The van der Waals surface area contributed by atoms with E-state index in [2.05, 4.69) is 56.5 Å². The van der Waals surface area contributed by atoms with Crippen molar-refractivity contribution in [2.75, 3.05) is 32.8 Å². The lowest BCUT2D eigenvalue weighted by molar-refractivity contribution is -0.117. The molecule has 0 heterocycles. The molecule has 0 saturated carbocycles. The van der Waals surface area contributed by atoms with Crippen molar-refractivity contribution in [3.8, 4) is 11.5 Å². The zero-order valence-electron chi connectivity index (χ0n) is 26.5. The smallest absolute Gasteiger partial charge is 0.339 e. The lowest BCUT2D eigenvalue weighted by Crippen LogP contribution is -2.04. The van der Waals surface area contributed by atoms with Gasteiger partial charge in [-0.3, -0.25) is 0 Å². The van der Waals surface area contributed by atoms with E-state index in [0.717, 1.165) is 30.4 Å². The first-order chi connectivity index (χ1) is 20.1. The van der Waals surface area contributed by atoms with Gasteiger partial charge in [0.15, 0.2) is 11.5 Å². The van der Waals surface area contributed by atoms with E-state index in [1.807, 2.05) is 31.0 Å². The van der Waals surface area contributed by atoms with Gasteiger partial charge in [-0.2, -0.15) is 0 Å². The second-order valence-electron chi connectivity index (χ2n) is 8.92. The van der Waals surface area contributed by atoms with Gasteiger partial charge in [-0.25, -0.2) is 9.79 Å². The van der Waals surface area contributed by atoms with Gasteiger partial charge in [0.25, 0.3) is 0 Å². The number of nitrogens with zero attached hydrogens (tertiary/aromatic N) is 1. The first-order valence-corrected chi connectivity index (χ1v) is 15.9. The number of aliphatic imine (C=N–C) groups is 1. The van der Waals surface area contributed by atoms with Crippen LogP contribution in [0.5, 0.6) is 11.5 Å². The Balaban J connectivity index is -0.000000497. The molecule has 2 rings (SSSR count). The number of anilines is 1. The number of hydrogen-bond acceptors (Lipinski definition) is 8. The molecule has 0 unspecified atom stereocenters. The number of halogens is 1. The summed E-state index contributed by atoms with van der Waals surface area (Å²) >= 11 is 7.07. The quantitative estimate of drug-likeness (QED) is 0.0442. The molecule has 2 aromatic carbocycles. The number of carbonyl (C=O) groups is 2. The molecule has 2 aromatic rings. The molecule has 0 aliphatic carbocycles. The van der Waals surface area contributed by atoms with Crippen LogP contribution >= 0.6 is 28.1 Å². The van der Waals surface area contributed by atoms with Crippen molar-refractivity contribution in [3.63, 3.8) is 0 Å². The number of nitrogen functional groups attached to an aromatic ring is 1. The number of alkyl halides is 1. The highest BCUT2D eigenvalue weighted by atomic mass is 79.9. The summed E-state index contributed by atoms with van der Waals surface area (Å²) in [4.78, 5) is 24.8. The van der Waals surface area contributed by atoms with E-state index in [4.69, 9.17) is 10.5 Å². The number of para-hydroxylation sites is 1. The van der Waals surface area contributed by atoms with E-state index in [1.54, 1.807) is 45.3 Å². The zero-order chi connectivity index (χ0) is 32.8. The number of esters is 1. The monoisotopic (exact) mass is 666 g/mol. The second kappa shape index (κ2) is 30.9. The molecule has 0 aromatic heterocycles. The number of Topliss-reactive ketones (excluding diaryl/α,β-unsaturated/α-hetero) is 1. The van der Waals surface area contributed by atoms with E-state index in [9.17, 15) is 14.7 Å². The first-order valence-electron chi connectivity index (χ1n) is 13.9. The zero-order valence-corrected chi connectivity index (χ0v) is 28.9. The number of benzene rings is 2. The highest BCUT2D eigenvalue weighted by molar-refractivity contribution is 9.08. The number of carbonyl (C=O) groups excluding carboxylic acids is 2. The third kappa shape index (κ3) is 23.7. The van der Waals surface area contributed by atoms with Crippen molar-refractivity contribution in [2.24, 2.45) is 4.99 Å². The molecule has 42 heavy (non-hydrogen) atoms. The predicted molar refractivity (Wildman–Crippen MR) is 185 cm³/mol. The fourth-order valence-corrected chi connectivity index (χ4v) is 3.38. The number of hydrogen-bond donors (Lipinski definition) is 2. The molecular formula is C33H51BrN2O5S. The molecule has 0 aliphatic rings. The molecule has 7 nitrogen and oxygen atoms in total. The van der Waals surface area contributed by atoms with Gasteiger partial charge in [-0.05, 0) is 74.1 Å². The van der Waals surface area contributed by atoms with E-state index in [0.29, 0.717) is 22.8 Å². The molecule has 0 bridgehead atoms. The van der Waals surface area contributed by atoms with Gasteiger partial charge in [0, 0.05) is 19.2 Å². The Labute approximate surface area is 267 Å². The Morgan fingerprint density at radius 3 is 2.10 bits per heavy atom. The van der Waals surface area contributed by atoms with Gasteiger partial charge in [0.1, 0.15) is 5.78 Å². The van der Waals surface area contributed by atoms with Crippen LogP contribution in [0.4, 0.5) is 5.69 Å². The maximum absolute atomic E-state index is 10.9. The summed E-state index contributed by atoms with van der Waals surface area (Å²) < 4.78 is 9.53. The number of aryl methyl sites for hydroxylation is 1. The fraction of sp³-hybridized carbons (Fsp3) is 0.485. The van der Waals surface area contributed by atoms with Crippen molar-refractivity contribution in [1.29, 1.82) is 0 Å². The molecule has 0 aliphatic heterocycles. The van der Waals surface area contributed by atoms with Gasteiger partial charge < -0.3 is 25.1 Å². The first kappa shape index (κ1) is 43.5. The Kier molecular flexibility index (Phi) is 32.0. The number of ketones is 1. The average Bonchev–Trinajstić information content (AvgIpc) is 3.00. The number of rotatable bonds is 12. The Morgan fingerprint density at radius 2 is 1.64 bits per heavy atom. The number of phenols is 1. The van der Waals surface area contributed by atoms with Gasteiger partial charge >= 0.3 is 5.97 Å². The highest BCUT2D eigenvalue weighted by Crippen LogP contribution is 2.30. The minimum Gasteiger partial charge on any atom is -0.504 e. The number of allylic oxidation sites excluding steroid dienone is 1. The molecule has 0 spiro atoms. The Bertz CT molecular complexity index is 1060. The highest BCUT2D eigenvalue weighted by Gasteiger charge is 2.07. The van der Waals surface area contributed by atoms with Gasteiger partial charge in [-0.1, -0.05) is 85.7 Å². The van der Waals surface area contributed by atoms with E-state index >= 15 is 0 Å². The van der Waals surface area contributed by atoms with Crippen LogP contribution in [0.15, 0.2) is 54.0 Å². The minimum atomic E-state index is -0.400. The summed E-state index contributed by atoms with van der Waals surface area (Å²) in [5.74, 6) is 2.49. The normalized spacial score (nSPS) is 8.86. The number of thiocarbonyl (C=S) groups is 1. The molecule has 0 fully saturated rings. The number of phenolic OH excluding ortho intramolecular Hbond substituents is 1. The number of nitrogens with two attached hydrogens (primary N) is 1. The van der Waals surface area contributed by atoms with Crippen LogP contribution < -0.4 is 10.5 Å². The number of ether oxygens (including phenoxy) is 2. The second-order valence-corrected chi connectivity index (χ2v) is 9.11. The largest absolute Gasteiger partial charge is 0.504 e. The van der Waals surface area contributed by atoms with Crippen molar-refractivity contribution in [3.05, 3.63) is 65.7 Å². The molecule has 0 radical (unpaired) electrons. The maximum atomic E-state index is 10.9. The lowest BCUT2D eigenvalue weighted by Gasteiger charge is -2.08. The van der Waals surface area contributed by atoms with Crippen LogP contribution in [0, 0.1) is 6.92 Å². The third-order valence-electron chi connectivity index (χ3n) is 5.52. The molecule has 0 saturated heterocycles. The minimum absolute atomic E-state index is 0.218. The summed E-state index contributed by atoms with van der Waals surface area (Å²) in [7, 11) is 4.47. The SMILES string of the molecule is C=CCc1cc(C)c(O)c(OC)c1.CBr.CCCCCCCCCC(C)=O.CN=C=S.COC(=O)c1ccccc1N. The molecule has 0 atom stereocenters. The molecule has 9 heteroatoms. The molecule has 0 amide bonds. The molecule has 3 N–H and O–H groups in total. The van der Waals surface area contributed by atoms with Gasteiger partial charge in [0.2, 0.25) is 0 Å². The Hall–Kier alpha value is -3.00. The van der Waals surface area contributed by atoms with Crippen molar-refractivity contribution < 1.29 is 24.2 Å². The van der Waals surface area contributed by atoms with Crippen LogP contribution in [0.25, 0.3) is 0 Å². The lowest BCUT2D eigenvalue weighted by atomic mass is 10.1. The summed E-state index contributed by atoms with van der Waals surface area (Å²) in [6, 6.07) is 10.5. The van der Waals surface area contributed by atoms with E-state index in [-0.39, 0.29) is 5.75 Å². The predicted octanol–water partition coefficient (Wildman–Crippen LogP) is 8.94. The topological polar surface area (TPSA) is 111 Å². The number of methoxy groups -OCH3 is 2. The van der Waals surface area contributed by atoms with Gasteiger partial charge in [0.05, 0.1) is 24.9 Å². The van der Waals surface area contributed by atoms with Gasteiger partial charge in [-0.15, -0.1) is 6.58 Å². The third-order valence-corrected chi connectivity index (χ3v) is 5.70. The van der Waals surface area contributed by atoms with Crippen LogP contribution in [-0.2, 0) is 16.0 Å². The van der Waals surface area contributed by atoms with E-state index < -0.39 is 5.97 Å². The number of aromatic hydroxyl groups is 1. The van der Waals surface area contributed by atoms with Crippen LogP contribution in [0.3, 0.4) is 0 Å². The van der Waals surface area contributed by atoms with Crippen molar-refractivity contribution >= 4 is 50.7 Å². The summed E-state index contributed by atoms with van der Waals surface area (Å²) in [5, 5.41) is 11.7. The molecular weight excluding hydrogens is 616 g/mol. The standard InChI is InChI=1S/C11H14O2.C11H22O.C8H9NO2.C2H3NS.CH3Br/c1-4-5-9-6-8(2)11(12)10(7-9)13-3;1-3-4-5-6-7-8-9-10-11(2)12;1-11-8(10)6-4-2-3-5-7(6)9;1-3-2-4;1-2/h4,6-7,12H,1,5H2,2-3H3;3-10H2,1-2H3;2-5H,9H2,1H3;1H3;1H3. The maximum Gasteiger partial charge on any atom is 0.339 e. The molecule has 236 valence electrons. The number of isothiocyanates is 1. The van der Waals surface area contributed by atoms with Crippen molar-refractivity contribution in [1.82, 2.24) is 0 Å². The fourth-order valence-electron chi connectivity index (χ4n) is 3.38. The number of unbranched alkanes of at least 4 members (excludes halogenated alkanes) is 6. The van der Waals surface area contributed by atoms with Crippen LogP contribution in [0.1, 0.15) is 86.7 Å². The van der Waals surface area contributed by atoms with Crippen LogP contribution in [-0.4, -0.2) is 49.1 Å². The Morgan fingerprint density at radius 1 is 1.10 bits per heavy atom. The average molecular weight is 668 g/mol. The van der Waals surface area contributed by atoms with E-state index in [1.165, 1.54) is 45.6 Å². The summed E-state index contributed by atoms with van der Waals surface area (Å²) in [6.45, 7) is 9.42. The van der Waals surface area contributed by atoms with Crippen molar-refractivity contribution in [2.45, 2.75) is 78.6 Å². The summed E-state index contributed by atoms with van der Waals surface area (Å²) in [6.07, 6.45) is 12.5. The van der Waals surface area contributed by atoms with Crippen LogP contribution in [0.2, 0.25) is 0 Å². The summed E-state index contributed by atoms with van der Waals surface area (Å²) in [5.41, 5.74) is 8.28.